The summed E-state index contributed by atoms with van der Waals surface area (Å²) in [4.78, 5) is 14.1. The highest BCUT2D eigenvalue weighted by Gasteiger charge is 2.33. The molecule has 2 aliphatic heterocycles. The van der Waals surface area contributed by atoms with E-state index < -0.39 is 10.2 Å². The first-order chi connectivity index (χ1) is 12.6. The Morgan fingerprint density at radius 3 is 2.00 bits per heavy atom. The highest BCUT2D eigenvalue weighted by Crippen LogP contribution is 2.18. The number of rotatable bonds is 5. The molecule has 2 aliphatic rings. The van der Waals surface area contributed by atoms with Crippen molar-refractivity contribution in [3.05, 3.63) is 30.3 Å². The van der Waals surface area contributed by atoms with E-state index in [1.165, 1.54) is 4.31 Å². The molecule has 0 aromatic heterocycles. The largest absolute Gasteiger partial charge is 0.376 e. The third-order valence-electron chi connectivity index (χ3n) is 5.03. The van der Waals surface area contributed by atoms with Crippen LogP contribution in [0.2, 0.25) is 0 Å². The second kappa shape index (κ2) is 10.3. The molecule has 0 saturated carbocycles. The van der Waals surface area contributed by atoms with Crippen molar-refractivity contribution in [1.82, 2.24) is 13.5 Å². The highest BCUT2D eigenvalue weighted by molar-refractivity contribution is 7.86. The molecule has 152 valence electrons. The topological polar surface area (TPSA) is 73.0 Å². The maximum Gasteiger partial charge on any atom is 0.282 e. The molecule has 2 fully saturated rings. The van der Waals surface area contributed by atoms with Gasteiger partial charge in [0.2, 0.25) is 5.91 Å². The quantitative estimate of drug-likeness (QED) is 0.794. The van der Waals surface area contributed by atoms with E-state index in [0.29, 0.717) is 39.3 Å². The Labute approximate surface area is 168 Å². The van der Waals surface area contributed by atoms with Gasteiger partial charge in [-0.2, -0.15) is 17.0 Å². The van der Waals surface area contributed by atoms with Gasteiger partial charge in [-0.15, -0.1) is 12.4 Å². The second-order valence-electron chi connectivity index (χ2n) is 6.82. The second-order valence-corrected chi connectivity index (χ2v) is 8.75. The van der Waals surface area contributed by atoms with Gasteiger partial charge in [0.15, 0.2) is 0 Å². The van der Waals surface area contributed by atoms with Crippen molar-refractivity contribution < 1.29 is 13.2 Å². The average molecular weight is 417 g/mol. The summed E-state index contributed by atoms with van der Waals surface area (Å²) >= 11 is 0. The Bertz CT molecular complexity index is 686. The molecular formula is C18H29ClN4O3S. The van der Waals surface area contributed by atoms with E-state index in [2.05, 4.69) is 5.32 Å². The number of para-hydroxylation sites is 1. The van der Waals surface area contributed by atoms with Gasteiger partial charge in [0.25, 0.3) is 10.2 Å². The molecule has 1 aromatic rings. The lowest BCUT2D eigenvalue weighted by atomic mass is 10.2. The maximum atomic E-state index is 12.8. The molecule has 0 radical (unpaired) electrons. The molecule has 1 N–H and O–H groups in total. The lowest BCUT2D eigenvalue weighted by molar-refractivity contribution is -0.130. The van der Waals surface area contributed by atoms with E-state index in [-0.39, 0.29) is 24.9 Å². The summed E-state index contributed by atoms with van der Waals surface area (Å²) in [5.41, 5.74) is 0.906. The van der Waals surface area contributed by atoms with E-state index >= 15 is 0 Å². The maximum absolute atomic E-state index is 12.8. The number of hydrogen-bond acceptors (Lipinski definition) is 4. The number of halogens is 1. The number of piperazine rings is 1. The molecule has 7 nitrogen and oxygen atoms in total. The van der Waals surface area contributed by atoms with Crippen LogP contribution in [0.5, 0.6) is 0 Å². The monoisotopic (exact) mass is 416 g/mol. The molecule has 0 unspecified atom stereocenters. The van der Waals surface area contributed by atoms with E-state index in [9.17, 15) is 13.2 Å². The molecule has 3 rings (SSSR count). The van der Waals surface area contributed by atoms with Gasteiger partial charge in [0.05, 0.1) is 6.54 Å². The summed E-state index contributed by atoms with van der Waals surface area (Å²) in [6.07, 6.45) is 4.07. The third kappa shape index (κ3) is 5.81. The van der Waals surface area contributed by atoms with Crippen molar-refractivity contribution in [2.75, 3.05) is 51.1 Å². The number of hydrogen-bond donors (Lipinski definition) is 1. The number of nitrogens with zero attached hydrogens (tertiary/aromatic N) is 3. The first kappa shape index (κ1) is 21.9. The van der Waals surface area contributed by atoms with E-state index in [4.69, 9.17) is 0 Å². The summed E-state index contributed by atoms with van der Waals surface area (Å²) < 4.78 is 28.8. The van der Waals surface area contributed by atoms with Gasteiger partial charge in [0.1, 0.15) is 0 Å². The third-order valence-corrected chi connectivity index (χ3v) is 7.06. The predicted molar refractivity (Wildman–Crippen MR) is 109 cm³/mol. The molecule has 0 bridgehead atoms. The number of amides is 1. The van der Waals surface area contributed by atoms with Gasteiger partial charge < -0.3 is 10.2 Å². The summed E-state index contributed by atoms with van der Waals surface area (Å²) in [5, 5.41) is 3.11. The summed E-state index contributed by atoms with van der Waals surface area (Å²) in [5.74, 6) is 0.000624. The minimum Gasteiger partial charge on any atom is -0.376 e. The normalized spacial score (nSPS) is 19.8. The summed E-state index contributed by atoms with van der Waals surface area (Å²) in [6, 6.07) is 9.59. The van der Waals surface area contributed by atoms with Crippen LogP contribution in [0, 0.1) is 0 Å². The van der Waals surface area contributed by atoms with Crippen LogP contribution in [0.15, 0.2) is 30.3 Å². The van der Waals surface area contributed by atoms with Crippen molar-refractivity contribution in [2.45, 2.75) is 25.7 Å². The zero-order valence-corrected chi connectivity index (χ0v) is 17.2. The molecule has 0 atom stereocenters. The van der Waals surface area contributed by atoms with Crippen molar-refractivity contribution >= 4 is 34.2 Å². The molecule has 1 amide bonds. The van der Waals surface area contributed by atoms with Crippen LogP contribution in [0.25, 0.3) is 0 Å². The minimum absolute atomic E-state index is 0. The van der Waals surface area contributed by atoms with E-state index in [1.807, 2.05) is 30.3 Å². The lowest BCUT2D eigenvalue weighted by Crippen LogP contribution is -2.55. The van der Waals surface area contributed by atoms with E-state index in [1.54, 1.807) is 9.21 Å². The Kier molecular flexibility index (Phi) is 8.34. The van der Waals surface area contributed by atoms with Crippen LogP contribution in [-0.4, -0.2) is 73.6 Å². The van der Waals surface area contributed by atoms with Crippen LogP contribution in [0.3, 0.4) is 0 Å². The molecule has 2 saturated heterocycles. The zero-order valence-electron chi connectivity index (χ0n) is 15.5. The van der Waals surface area contributed by atoms with E-state index in [0.717, 1.165) is 31.4 Å². The Balaban J connectivity index is 0.00000261. The number of nitrogens with one attached hydrogen (secondary N) is 1. The molecule has 2 heterocycles. The summed E-state index contributed by atoms with van der Waals surface area (Å²) in [6.45, 7) is 3.09. The lowest BCUT2D eigenvalue weighted by Gasteiger charge is -2.36. The number of anilines is 1. The number of benzene rings is 1. The average Bonchev–Trinajstić information content (AvgIpc) is 2.97. The summed E-state index contributed by atoms with van der Waals surface area (Å²) in [7, 11) is -3.40. The minimum atomic E-state index is -3.40. The zero-order chi connectivity index (χ0) is 18.4. The fourth-order valence-corrected chi connectivity index (χ4v) is 5.12. The Morgan fingerprint density at radius 1 is 0.852 bits per heavy atom. The molecule has 0 aliphatic carbocycles. The molecular weight excluding hydrogens is 388 g/mol. The van der Waals surface area contributed by atoms with Crippen LogP contribution >= 0.6 is 12.4 Å². The molecule has 0 spiro atoms. The molecule has 9 heteroatoms. The van der Waals surface area contributed by atoms with Gasteiger partial charge in [-0.25, -0.2) is 0 Å². The first-order valence-corrected chi connectivity index (χ1v) is 10.8. The standard InChI is InChI=1S/C18H28N4O3S.ClH/c23-18(16-19-17-8-4-3-5-9-17)20-12-14-22(15-13-20)26(24,25)21-10-6-1-2-7-11-21;/h3-5,8-9,19H,1-2,6-7,10-16H2;1H. The molecule has 1 aromatic carbocycles. The van der Waals surface area contributed by atoms with Crippen LogP contribution in [-0.2, 0) is 15.0 Å². The van der Waals surface area contributed by atoms with Crippen LogP contribution in [0.4, 0.5) is 5.69 Å². The van der Waals surface area contributed by atoms with Gasteiger partial charge in [-0.1, -0.05) is 31.0 Å². The fraction of sp³-hybridized carbons (Fsp3) is 0.611. The van der Waals surface area contributed by atoms with Gasteiger partial charge >= 0.3 is 0 Å². The van der Waals surface area contributed by atoms with Crippen molar-refractivity contribution in [3.63, 3.8) is 0 Å². The van der Waals surface area contributed by atoms with Gasteiger partial charge in [0, 0.05) is 45.0 Å². The number of carbonyl (C=O) groups excluding carboxylic acids is 1. The number of carbonyl (C=O) groups is 1. The fourth-order valence-electron chi connectivity index (χ4n) is 3.45. The van der Waals surface area contributed by atoms with Gasteiger partial charge in [-0.05, 0) is 25.0 Å². The Hall–Kier alpha value is -1.35. The van der Waals surface area contributed by atoms with Crippen LogP contribution < -0.4 is 5.32 Å². The van der Waals surface area contributed by atoms with Crippen molar-refractivity contribution in [1.29, 1.82) is 0 Å². The van der Waals surface area contributed by atoms with Crippen molar-refractivity contribution in [2.24, 2.45) is 0 Å². The Morgan fingerprint density at radius 2 is 1.41 bits per heavy atom. The van der Waals surface area contributed by atoms with Crippen LogP contribution in [0.1, 0.15) is 25.7 Å². The first-order valence-electron chi connectivity index (χ1n) is 9.39. The smallest absolute Gasteiger partial charge is 0.282 e. The molecule has 27 heavy (non-hydrogen) atoms. The SMILES string of the molecule is Cl.O=C(CNc1ccccc1)N1CCN(S(=O)(=O)N2CCCCCC2)CC1. The highest BCUT2D eigenvalue weighted by atomic mass is 35.5. The predicted octanol–water partition coefficient (Wildman–Crippen LogP) is 1.79. The van der Waals surface area contributed by atoms with Gasteiger partial charge in [-0.3, -0.25) is 4.79 Å². The van der Waals surface area contributed by atoms with Crippen molar-refractivity contribution in [3.8, 4) is 0 Å².